The third-order valence-electron chi connectivity index (χ3n) is 2.95. The summed E-state index contributed by atoms with van der Waals surface area (Å²) in [4.78, 5) is 0. The topological polar surface area (TPSA) is 68.8 Å². The van der Waals surface area contributed by atoms with E-state index in [1.54, 1.807) is 16.4 Å². The number of aliphatic hydroxyl groups is 1. The van der Waals surface area contributed by atoms with Gasteiger partial charge in [-0.1, -0.05) is 26.0 Å². The van der Waals surface area contributed by atoms with Crippen molar-refractivity contribution in [1.82, 2.24) is 24.8 Å². The highest BCUT2D eigenvalue weighted by Crippen LogP contribution is 2.33. The van der Waals surface area contributed by atoms with Crippen LogP contribution < -0.4 is 0 Å². The van der Waals surface area contributed by atoms with Crippen LogP contribution in [-0.2, 0) is 19.5 Å². The Kier molecular flexibility index (Phi) is 3.53. The Hall–Kier alpha value is -1.21. The summed E-state index contributed by atoms with van der Waals surface area (Å²) in [5.74, 6) is 0. The molecule has 6 nitrogen and oxygen atoms in total. The van der Waals surface area contributed by atoms with Crippen molar-refractivity contribution in [3.8, 4) is 0 Å². The molecule has 0 fully saturated rings. The Morgan fingerprint density at radius 3 is 2.42 bits per heavy atom. The third-order valence-corrected chi connectivity index (χ3v) is 3.51. The van der Waals surface area contributed by atoms with Crippen molar-refractivity contribution in [2.75, 3.05) is 0 Å². The molecule has 2 heterocycles. The molecule has 2 aromatic heterocycles. The number of rotatable bonds is 2. The lowest BCUT2D eigenvalue weighted by Crippen LogP contribution is -2.17. The molecule has 1 atom stereocenters. The Balaban J connectivity index is 2.54. The van der Waals surface area contributed by atoms with Crippen LogP contribution in [-0.4, -0.2) is 29.9 Å². The van der Waals surface area contributed by atoms with E-state index in [9.17, 15) is 5.11 Å². The van der Waals surface area contributed by atoms with Gasteiger partial charge in [0.25, 0.3) is 0 Å². The molecule has 0 radical (unpaired) electrons. The molecular formula is C12H18BrN5O. The highest BCUT2D eigenvalue weighted by atomic mass is 79.9. The van der Waals surface area contributed by atoms with Gasteiger partial charge in [-0.25, -0.2) is 4.68 Å². The lowest BCUT2D eigenvalue weighted by molar-refractivity contribution is 0.206. The van der Waals surface area contributed by atoms with E-state index in [-0.39, 0.29) is 5.41 Å². The van der Waals surface area contributed by atoms with Gasteiger partial charge in [0.1, 0.15) is 11.8 Å². The van der Waals surface area contributed by atoms with Gasteiger partial charge in [-0.15, -0.1) is 5.10 Å². The van der Waals surface area contributed by atoms with E-state index >= 15 is 0 Å². The van der Waals surface area contributed by atoms with Gasteiger partial charge < -0.3 is 5.11 Å². The Bertz CT molecular complexity index is 576. The molecule has 0 aliphatic carbocycles. The van der Waals surface area contributed by atoms with Crippen LogP contribution in [0, 0.1) is 0 Å². The number of nitrogens with zero attached hydrogens (tertiary/aromatic N) is 5. The fourth-order valence-electron chi connectivity index (χ4n) is 2.07. The van der Waals surface area contributed by atoms with Crippen LogP contribution in [0.15, 0.2) is 10.8 Å². The molecule has 0 saturated carbocycles. The molecule has 19 heavy (non-hydrogen) atoms. The highest BCUT2D eigenvalue weighted by molar-refractivity contribution is 9.10. The van der Waals surface area contributed by atoms with Gasteiger partial charge in [0.15, 0.2) is 4.60 Å². The van der Waals surface area contributed by atoms with Gasteiger partial charge in [0, 0.05) is 31.3 Å². The van der Waals surface area contributed by atoms with Crippen molar-refractivity contribution in [3.05, 3.63) is 27.8 Å². The van der Waals surface area contributed by atoms with Crippen LogP contribution in [0.5, 0.6) is 0 Å². The fourth-order valence-corrected chi connectivity index (χ4v) is 2.61. The first-order valence-electron chi connectivity index (χ1n) is 5.99. The van der Waals surface area contributed by atoms with Gasteiger partial charge in [-0.2, -0.15) is 5.10 Å². The molecule has 2 aromatic rings. The first-order valence-corrected chi connectivity index (χ1v) is 6.78. The summed E-state index contributed by atoms with van der Waals surface area (Å²) < 4.78 is 3.83. The van der Waals surface area contributed by atoms with E-state index in [4.69, 9.17) is 0 Å². The van der Waals surface area contributed by atoms with Gasteiger partial charge in [0.05, 0.1) is 5.69 Å². The molecule has 0 aromatic carbocycles. The average Bonchev–Trinajstić information content (AvgIpc) is 2.81. The minimum Gasteiger partial charge on any atom is -0.382 e. The van der Waals surface area contributed by atoms with E-state index in [1.165, 1.54) is 0 Å². The summed E-state index contributed by atoms with van der Waals surface area (Å²) in [5.41, 5.74) is 2.13. The van der Waals surface area contributed by atoms with E-state index < -0.39 is 6.10 Å². The van der Waals surface area contributed by atoms with Crippen molar-refractivity contribution >= 4 is 15.9 Å². The second kappa shape index (κ2) is 4.72. The summed E-state index contributed by atoms with van der Waals surface area (Å²) in [6, 6.07) is 0. The molecule has 0 saturated heterocycles. The maximum absolute atomic E-state index is 10.6. The SMILES string of the molecule is Cn1cc(C(O)c2c(Br)nnn2C)c(C(C)(C)C)n1. The maximum atomic E-state index is 10.6. The van der Waals surface area contributed by atoms with Crippen molar-refractivity contribution in [3.63, 3.8) is 0 Å². The number of halogens is 1. The van der Waals surface area contributed by atoms with Crippen molar-refractivity contribution < 1.29 is 5.11 Å². The molecule has 2 rings (SSSR count). The summed E-state index contributed by atoms with van der Waals surface area (Å²) in [7, 11) is 3.60. The number of hydrogen-bond donors (Lipinski definition) is 1. The molecular weight excluding hydrogens is 310 g/mol. The Morgan fingerprint density at radius 2 is 1.95 bits per heavy atom. The average molecular weight is 328 g/mol. The molecule has 1 N–H and O–H groups in total. The predicted molar refractivity (Wildman–Crippen MR) is 74.7 cm³/mol. The monoisotopic (exact) mass is 327 g/mol. The molecule has 0 bridgehead atoms. The van der Waals surface area contributed by atoms with Gasteiger partial charge in [-0.3, -0.25) is 4.68 Å². The summed E-state index contributed by atoms with van der Waals surface area (Å²) in [6.45, 7) is 6.21. The zero-order valence-electron chi connectivity index (χ0n) is 11.7. The molecule has 104 valence electrons. The van der Waals surface area contributed by atoms with Crippen molar-refractivity contribution in [1.29, 1.82) is 0 Å². The van der Waals surface area contributed by atoms with Crippen LogP contribution in [0.1, 0.15) is 43.8 Å². The van der Waals surface area contributed by atoms with Crippen LogP contribution >= 0.6 is 15.9 Å². The molecule has 0 aliphatic rings. The normalized spacial score (nSPS) is 13.8. The predicted octanol–water partition coefficient (Wildman–Crippen LogP) is 1.69. The maximum Gasteiger partial charge on any atom is 0.154 e. The third kappa shape index (κ3) is 2.57. The highest BCUT2D eigenvalue weighted by Gasteiger charge is 2.29. The van der Waals surface area contributed by atoms with Crippen LogP contribution in [0.25, 0.3) is 0 Å². The molecule has 1 unspecified atom stereocenters. The van der Waals surface area contributed by atoms with E-state index in [0.29, 0.717) is 10.3 Å². The standard InChI is InChI=1S/C12H18BrN5O/c1-12(2,3)10-7(6-17(4)15-10)9(19)8-11(13)14-16-18(8)5/h6,9,19H,1-5H3. The second-order valence-electron chi connectivity index (χ2n) is 5.65. The number of aromatic nitrogens is 5. The van der Waals surface area contributed by atoms with E-state index in [0.717, 1.165) is 11.3 Å². The Morgan fingerprint density at radius 1 is 1.32 bits per heavy atom. The van der Waals surface area contributed by atoms with Crippen LogP contribution in [0.4, 0.5) is 0 Å². The van der Waals surface area contributed by atoms with Crippen LogP contribution in [0.3, 0.4) is 0 Å². The zero-order valence-corrected chi connectivity index (χ0v) is 13.3. The van der Waals surface area contributed by atoms with E-state index in [1.807, 2.05) is 13.2 Å². The van der Waals surface area contributed by atoms with Gasteiger partial charge in [-0.05, 0) is 15.9 Å². The first-order chi connectivity index (χ1) is 8.71. The lowest BCUT2D eigenvalue weighted by Gasteiger charge is -2.20. The minimum absolute atomic E-state index is 0.143. The van der Waals surface area contributed by atoms with Gasteiger partial charge in [0.2, 0.25) is 0 Å². The lowest BCUT2D eigenvalue weighted by atomic mass is 9.87. The number of hydrogen-bond acceptors (Lipinski definition) is 4. The summed E-state index contributed by atoms with van der Waals surface area (Å²) in [6.07, 6.45) is 1.03. The number of aryl methyl sites for hydroxylation is 2. The quantitative estimate of drug-likeness (QED) is 0.911. The molecule has 0 spiro atoms. The minimum atomic E-state index is -0.808. The van der Waals surface area contributed by atoms with Crippen LogP contribution in [0.2, 0.25) is 0 Å². The molecule has 0 aliphatic heterocycles. The zero-order chi connectivity index (χ0) is 14.4. The molecule has 0 amide bonds. The Labute approximate surface area is 120 Å². The summed E-state index contributed by atoms with van der Waals surface area (Å²) >= 11 is 3.32. The van der Waals surface area contributed by atoms with E-state index in [2.05, 4.69) is 52.1 Å². The van der Waals surface area contributed by atoms with Gasteiger partial charge >= 0.3 is 0 Å². The molecule has 7 heteroatoms. The summed E-state index contributed by atoms with van der Waals surface area (Å²) in [5, 5.41) is 22.9. The van der Waals surface area contributed by atoms with Crippen molar-refractivity contribution in [2.45, 2.75) is 32.3 Å². The largest absolute Gasteiger partial charge is 0.382 e. The first kappa shape index (κ1) is 14.2. The smallest absolute Gasteiger partial charge is 0.154 e. The number of aliphatic hydroxyl groups excluding tert-OH is 1. The van der Waals surface area contributed by atoms with Crippen molar-refractivity contribution in [2.24, 2.45) is 14.1 Å². The second-order valence-corrected chi connectivity index (χ2v) is 6.40. The fraction of sp³-hybridized carbons (Fsp3) is 0.583.